The number of nitro benzene ring substituents is 1. The number of nitro groups is 1. The maximum atomic E-state index is 12.3. The molecule has 0 atom stereocenters. The highest BCUT2D eigenvalue weighted by Gasteiger charge is 2.22. The van der Waals surface area contributed by atoms with Gasteiger partial charge in [-0.25, -0.2) is 0 Å². The minimum absolute atomic E-state index is 0.0309. The first-order chi connectivity index (χ1) is 11.7. The van der Waals surface area contributed by atoms with Crippen LogP contribution in [-0.4, -0.2) is 16.7 Å². The highest BCUT2D eigenvalue weighted by molar-refractivity contribution is 6.07. The number of anilines is 2. The summed E-state index contributed by atoms with van der Waals surface area (Å²) in [5.74, 6) is -0.749. The Morgan fingerprint density at radius 2 is 1.56 bits per heavy atom. The SMILES string of the molecule is CC(C)(C)C(=O)Nc1cccc(NC(=O)c2ccccc2[N+](=O)[O-])c1. The van der Waals surface area contributed by atoms with Crippen LogP contribution in [0.5, 0.6) is 0 Å². The lowest BCUT2D eigenvalue weighted by atomic mass is 9.95. The summed E-state index contributed by atoms with van der Waals surface area (Å²) in [5, 5.41) is 16.4. The van der Waals surface area contributed by atoms with Crippen LogP contribution < -0.4 is 10.6 Å². The Bertz CT molecular complexity index is 825. The lowest BCUT2D eigenvalue weighted by molar-refractivity contribution is -0.385. The Kier molecular flexibility index (Phi) is 5.17. The van der Waals surface area contributed by atoms with Crippen LogP contribution in [0.4, 0.5) is 17.1 Å². The fraction of sp³-hybridized carbons (Fsp3) is 0.222. The second kappa shape index (κ2) is 7.12. The number of amides is 2. The van der Waals surface area contributed by atoms with E-state index in [0.29, 0.717) is 11.4 Å². The normalized spacial score (nSPS) is 10.8. The molecule has 0 bridgehead atoms. The average molecular weight is 341 g/mol. The van der Waals surface area contributed by atoms with Crippen molar-refractivity contribution in [1.29, 1.82) is 0 Å². The molecule has 0 aliphatic rings. The number of rotatable bonds is 4. The van der Waals surface area contributed by atoms with E-state index in [9.17, 15) is 19.7 Å². The van der Waals surface area contributed by atoms with Gasteiger partial charge in [-0.05, 0) is 24.3 Å². The molecule has 0 heterocycles. The van der Waals surface area contributed by atoms with Crippen LogP contribution in [0.1, 0.15) is 31.1 Å². The molecule has 0 saturated heterocycles. The third-order valence-corrected chi connectivity index (χ3v) is 3.40. The van der Waals surface area contributed by atoms with Crippen LogP contribution in [0, 0.1) is 15.5 Å². The van der Waals surface area contributed by atoms with E-state index in [4.69, 9.17) is 0 Å². The molecule has 0 aliphatic carbocycles. The topological polar surface area (TPSA) is 101 Å². The molecule has 0 saturated carbocycles. The third kappa shape index (κ3) is 4.63. The van der Waals surface area contributed by atoms with Gasteiger partial charge in [-0.3, -0.25) is 19.7 Å². The van der Waals surface area contributed by atoms with Gasteiger partial charge in [-0.1, -0.05) is 39.0 Å². The second-order valence-electron chi connectivity index (χ2n) is 6.51. The number of hydrogen-bond acceptors (Lipinski definition) is 4. The molecule has 7 nitrogen and oxygen atoms in total. The molecule has 0 radical (unpaired) electrons. The Hall–Kier alpha value is -3.22. The molecule has 2 aromatic rings. The molecule has 2 amide bonds. The molecule has 25 heavy (non-hydrogen) atoms. The van der Waals surface area contributed by atoms with Crippen molar-refractivity contribution >= 4 is 28.9 Å². The number of hydrogen-bond donors (Lipinski definition) is 2. The van der Waals surface area contributed by atoms with E-state index < -0.39 is 16.2 Å². The fourth-order valence-corrected chi connectivity index (χ4v) is 2.02. The van der Waals surface area contributed by atoms with Crippen molar-refractivity contribution in [2.75, 3.05) is 10.6 Å². The first-order valence-corrected chi connectivity index (χ1v) is 7.65. The minimum atomic E-state index is -0.602. The van der Waals surface area contributed by atoms with Gasteiger partial charge in [0, 0.05) is 22.9 Å². The standard InChI is InChI=1S/C18H19N3O4/c1-18(2,3)17(23)20-13-8-6-7-12(11-13)19-16(22)14-9-4-5-10-15(14)21(24)25/h4-11H,1-3H3,(H,19,22)(H,20,23). The summed E-state index contributed by atoms with van der Waals surface area (Å²) < 4.78 is 0. The average Bonchev–Trinajstić information content (AvgIpc) is 2.54. The predicted octanol–water partition coefficient (Wildman–Crippen LogP) is 3.83. The van der Waals surface area contributed by atoms with Gasteiger partial charge in [0.25, 0.3) is 11.6 Å². The van der Waals surface area contributed by atoms with Gasteiger partial charge in [-0.15, -0.1) is 0 Å². The number of carbonyl (C=O) groups is 2. The van der Waals surface area contributed by atoms with Crippen molar-refractivity contribution in [1.82, 2.24) is 0 Å². The number of nitrogens with one attached hydrogen (secondary N) is 2. The second-order valence-corrected chi connectivity index (χ2v) is 6.51. The monoisotopic (exact) mass is 341 g/mol. The van der Waals surface area contributed by atoms with Gasteiger partial charge < -0.3 is 10.6 Å². The largest absolute Gasteiger partial charge is 0.326 e. The van der Waals surface area contributed by atoms with Crippen LogP contribution in [0.2, 0.25) is 0 Å². The van der Waals surface area contributed by atoms with Gasteiger partial charge in [-0.2, -0.15) is 0 Å². The molecule has 130 valence electrons. The smallest absolute Gasteiger partial charge is 0.282 e. The van der Waals surface area contributed by atoms with E-state index in [2.05, 4.69) is 10.6 Å². The van der Waals surface area contributed by atoms with Gasteiger partial charge in [0.1, 0.15) is 5.56 Å². The molecule has 7 heteroatoms. The maximum absolute atomic E-state index is 12.3. The number of nitrogens with zero attached hydrogens (tertiary/aromatic N) is 1. The van der Waals surface area contributed by atoms with Crippen LogP contribution >= 0.6 is 0 Å². The van der Waals surface area contributed by atoms with Gasteiger partial charge in [0.2, 0.25) is 5.91 Å². The summed E-state index contributed by atoms with van der Waals surface area (Å²) in [7, 11) is 0. The lowest BCUT2D eigenvalue weighted by Crippen LogP contribution is -2.27. The van der Waals surface area contributed by atoms with Gasteiger partial charge in [0.15, 0.2) is 0 Å². The lowest BCUT2D eigenvalue weighted by Gasteiger charge is -2.18. The van der Waals surface area contributed by atoms with E-state index in [1.807, 2.05) is 0 Å². The summed E-state index contributed by atoms with van der Waals surface area (Å²) in [6.07, 6.45) is 0. The Morgan fingerprint density at radius 3 is 2.16 bits per heavy atom. The van der Waals surface area contributed by atoms with Crippen molar-refractivity contribution in [3.05, 3.63) is 64.2 Å². The summed E-state index contributed by atoms with van der Waals surface area (Å²) in [4.78, 5) is 34.8. The molecule has 0 aromatic heterocycles. The molecule has 2 aromatic carbocycles. The van der Waals surface area contributed by atoms with Gasteiger partial charge >= 0.3 is 0 Å². The summed E-state index contributed by atoms with van der Waals surface area (Å²) in [5.41, 5.74) is 0.105. The third-order valence-electron chi connectivity index (χ3n) is 3.40. The molecule has 0 fully saturated rings. The van der Waals surface area contributed by atoms with Crippen molar-refractivity contribution in [2.24, 2.45) is 5.41 Å². The highest BCUT2D eigenvalue weighted by Crippen LogP contribution is 2.22. The molecular weight excluding hydrogens is 322 g/mol. The predicted molar refractivity (Wildman–Crippen MR) is 95.6 cm³/mol. The van der Waals surface area contributed by atoms with Crippen LogP contribution in [0.3, 0.4) is 0 Å². The molecule has 2 rings (SSSR count). The van der Waals surface area contributed by atoms with Crippen molar-refractivity contribution in [3.8, 4) is 0 Å². The zero-order chi connectivity index (χ0) is 18.6. The van der Waals surface area contributed by atoms with E-state index in [1.165, 1.54) is 18.2 Å². The van der Waals surface area contributed by atoms with Crippen LogP contribution in [-0.2, 0) is 4.79 Å². The quantitative estimate of drug-likeness (QED) is 0.651. The zero-order valence-corrected chi connectivity index (χ0v) is 14.2. The zero-order valence-electron chi connectivity index (χ0n) is 14.2. The summed E-state index contributed by atoms with van der Waals surface area (Å²) >= 11 is 0. The Labute approximate surface area is 145 Å². The molecular formula is C18H19N3O4. The summed E-state index contributed by atoms with van der Waals surface area (Å²) in [6.45, 7) is 5.38. The first kappa shape index (κ1) is 18.1. The number of para-hydroxylation sites is 1. The highest BCUT2D eigenvalue weighted by atomic mass is 16.6. The maximum Gasteiger partial charge on any atom is 0.282 e. The van der Waals surface area contributed by atoms with E-state index in [-0.39, 0.29) is 17.2 Å². The van der Waals surface area contributed by atoms with E-state index >= 15 is 0 Å². The summed E-state index contributed by atoms with van der Waals surface area (Å²) in [6, 6.07) is 12.3. The van der Waals surface area contributed by atoms with Gasteiger partial charge in [0.05, 0.1) is 4.92 Å². The number of benzene rings is 2. The van der Waals surface area contributed by atoms with Crippen molar-refractivity contribution < 1.29 is 14.5 Å². The fourth-order valence-electron chi connectivity index (χ4n) is 2.02. The number of carbonyl (C=O) groups excluding carboxylic acids is 2. The van der Waals surface area contributed by atoms with Crippen LogP contribution in [0.15, 0.2) is 48.5 Å². The Balaban J connectivity index is 2.19. The first-order valence-electron chi connectivity index (χ1n) is 7.65. The molecule has 2 N–H and O–H groups in total. The van der Waals surface area contributed by atoms with E-state index in [0.717, 1.165) is 0 Å². The Morgan fingerprint density at radius 1 is 0.960 bits per heavy atom. The molecule has 0 unspecified atom stereocenters. The van der Waals surface area contributed by atoms with Crippen molar-refractivity contribution in [2.45, 2.75) is 20.8 Å². The molecule has 0 spiro atoms. The minimum Gasteiger partial charge on any atom is -0.326 e. The van der Waals surface area contributed by atoms with E-state index in [1.54, 1.807) is 51.1 Å². The van der Waals surface area contributed by atoms with Crippen molar-refractivity contribution in [3.63, 3.8) is 0 Å². The van der Waals surface area contributed by atoms with Crippen LogP contribution in [0.25, 0.3) is 0 Å². The molecule has 0 aliphatic heterocycles.